The van der Waals surface area contributed by atoms with Crippen LogP contribution in [0.4, 0.5) is 10.1 Å². The van der Waals surface area contributed by atoms with Crippen LogP contribution in [-0.4, -0.2) is 15.5 Å². The number of aryl methyl sites for hydroxylation is 1. The average molecular weight is 380 g/mol. The number of anilines is 1. The first-order valence-electron chi connectivity index (χ1n) is 5.46. The number of thiophene rings is 1. The van der Waals surface area contributed by atoms with Gasteiger partial charge in [0.25, 0.3) is 10.0 Å². The second-order valence-electron chi connectivity index (χ2n) is 3.93. The Kier molecular flexibility index (Phi) is 4.36. The molecule has 1 heterocycles. The second kappa shape index (κ2) is 5.71. The Labute approximate surface area is 128 Å². The normalized spacial score (nSPS) is 11.4. The van der Waals surface area contributed by atoms with Crippen molar-refractivity contribution in [2.24, 2.45) is 0 Å². The van der Waals surface area contributed by atoms with Crippen LogP contribution in [-0.2, 0) is 10.0 Å². The lowest BCUT2D eigenvalue weighted by atomic mass is 10.3. The summed E-state index contributed by atoms with van der Waals surface area (Å²) in [6.45, 7) is 1.71. The fraction of sp³-hybridized carbons (Fsp3) is 0.167. The molecule has 0 unspecified atom stereocenters. The molecule has 0 aliphatic heterocycles. The fourth-order valence-electron chi connectivity index (χ4n) is 1.64. The van der Waals surface area contributed by atoms with Crippen LogP contribution in [0, 0.1) is 12.7 Å². The number of benzene rings is 1. The minimum Gasteiger partial charge on any atom is -0.494 e. The van der Waals surface area contributed by atoms with Crippen molar-refractivity contribution >= 4 is 43.0 Å². The molecule has 1 aromatic carbocycles. The number of methoxy groups -OCH3 is 1. The van der Waals surface area contributed by atoms with Crippen LogP contribution < -0.4 is 9.46 Å². The quantitative estimate of drug-likeness (QED) is 0.879. The molecule has 0 bridgehead atoms. The molecule has 0 atom stereocenters. The van der Waals surface area contributed by atoms with Crippen LogP contribution in [0.5, 0.6) is 5.75 Å². The van der Waals surface area contributed by atoms with Crippen molar-refractivity contribution in [2.75, 3.05) is 11.8 Å². The highest BCUT2D eigenvalue weighted by atomic mass is 79.9. The van der Waals surface area contributed by atoms with Crippen LogP contribution in [0.25, 0.3) is 0 Å². The molecule has 2 aromatic rings. The Morgan fingerprint density at radius 1 is 1.35 bits per heavy atom. The summed E-state index contributed by atoms with van der Waals surface area (Å²) in [7, 11) is -2.39. The summed E-state index contributed by atoms with van der Waals surface area (Å²) in [5.41, 5.74) is 0.144. The van der Waals surface area contributed by atoms with E-state index in [9.17, 15) is 12.8 Å². The molecular weight excluding hydrogens is 369 g/mol. The SMILES string of the molecule is COc1ccc(NS(=O)(=O)c2cc(Br)sc2C)cc1F. The highest BCUT2D eigenvalue weighted by Crippen LogP contribution is 2.31. The summed E-state index contributed by atoms with van der Waals surface area (Å²) in [6.07, 6.45) is 0. The van der Waals surface area contributed by atoms with Crippen molar-refractivity contribution in [3.8, 4) is 5.75 Å². The van der Waals surface area contributed by atoms with Gasteiger partial charge in [-0.25, -0.2) is 12.8 Å². The van der Waals surface area contributed by atoms with E-state index in [1.165, 1.54) is 36.6 Å². The number of nitrogens with one attached hydrogen (secondary N) is 1. The zero-order valence-corrected chi connectivity index (χ0v) is 13.8. The number of ether oxygens (including phenoxy) is 1. The fourth-order valence-corrected chi connectivity index (χ4v) is 5.10. The molecule has 1 N–H and O–H groups in total. The summed E-state index contributed by atoms with van der Waals surface area (Å²) in [5, 5.41) is 0. The molecule has 4 nitrogen and oxygen atoms in total. The van der Waals surface area contributed by atoms with E-state index in [0.29, 0.717) is 4.88 Å². The van der Waals surface area contributed by atoms with Crippen molar-refractivity contribution < 1.29 is 17.5 Å². The van der Waals surface area contributed by atoms with Crippen LogP contribution in [0.1, 0.15) is 4.88 Å². The molecule has 0 fully saturated rings. The molecule has 2 rings (SSSR count). The zero-order valence-electron chi connectivity index (χ0n) is 10.6. The van der Waals surface area contributed by atoms with E-state index in [4.69, 9.17) is 4.74 Å². The van der Waals surface area contributed by atoms with Gasteiger partial charge in [0.2, 0.25) is 0 Å². The van der Waals surface area contributed by atoms with Gasteiger partial charge in [-0.2, -0.15) is 0 Å². The van der Waals surface area contributed by atoms with E-state index in [-0.39, 0.29) is 16.3 Å². The molecule has 0 aliphatic rings. The maximum atomic E-state index is 13.5. The van der Waals surface area contributed by atoms with Crippen LogP contribution in [0.15, 0.2) is 32.9 Å². The average Bonchev–Trinajstić information content (AvgIpc) is 2.69. The molecule has 20 heavy (non-hydrogen) atoms. The van der Waals surface area contributed by atoms with E-state index in [2.05, 4.69) is 20.7 Å². The van der Waals surface area contributed by atoms with Gasteiger partial charge >= 0.3 is 0 Å². The zero-order chi connectivity index (χ0) is 14.9. The monoisotopic (exact) mass is 379 g/mol. The lowest BCUT2D eigenvalue weighted by molar-refractivity contribution is 0.386. The van der Waals surface area contributed by atoms with Crippen molar-refractivity contribution in [3.63, 3.8) is 0 Å². The van der Waals surface area contributed by atoms with Crippen molar-refractivity contribution in [2.45, 2.75) is 11.8 Å². The minimum atomic E-state index is -3.74. The van der Waals surface area contributed by atoms with Crippen molar-refractivity contribution in [1.82, 2.24) is 0 Å². The number of hydrogen-bond donors (Lipinski definition) is 1. The Morgan fingerprint density at radius 3 is 2.55 bits per heavy atom. The van der Waals surface area contributed by atoms with Crippen LogP contribution >= 0.6 is 27.3 Å². The van der Waals surface area contributed by atoms with Gasteiger partial charge in [0.05, 0.1) is 16.6 Å². The first-order chi connectivity index (χ1) is 9.33. The van der Waals surface area contributed by atoms with E-state index in [1.807, 2.05) is 0 Å². The van der Waals surface area contributed by atoms with E-state index in [1.54, 1.807) is 6.92 Å². The lowest BCUT2D eigenvalue weighted by Gasteiger charge is -2.09. The highest BCUT2D eigenvalue weighted by molar-refractivity contribution is 9.11. The topological polar surface area (TPSA) is 55.4 Å². The Balaban J connectivity index is 2.33. The largest absolute Gasteiger partial charge is 0.494 e. The third-order valence-electron chi connectivity index (χ3n) is 2.54. The van der Waals surface area contributed by atoms with Crippen LogP contribution in [0.3, 0.4) is 0 Å². The summed E-state index contributed by atoms with van der Waals surface area (Å²) in [4.78, 5) is 0.823. The standard InChI is InChI=1S/C12H11BrFNO3S2/c1-7-11(6-12(13)19-7)20(16,17)15-8-3-4-10(18-2)9(14)5-8/h3-6,15H,1-2H3. The van der Waals surface area contributed by atoms with Gasteiger partial charge < -0.3 is 4.74 Å². The predicted molar refractivity (Wildman–Crippen MR) is 80.5 cm³/mol. The van der Waals surface area contributed by atoms with E-state index >= 15 is 0 Å². The maximum Gasteiger partial charge on any atom is 0.263 e. The van der Waals surface area contributed by atoms with Gasteiger partial charge in [-0.15, -0.1) is 11.3 Å². The number of sulfonamides is 1. The lowest BCUT2D eigenvalue weighted by Crippen LogP contribution is -2.13. The second-order valence-corrected chi connectivity index (χ2v) is 8.21. The first kappa shape index (κ1) is 15.3. The number of halogens is 2. The molecule has 8 heteroatoms. The van der Waals surface area contributed by atoms with Crippen LogP contribution in [0.2, 0.25) is 0 Å². The van der Waals surface area contributed by atoms with E-state index < -0.39 is 15.8 Å². The Morgan fingerprint density at radius 2 is 2.05 bits per heavy atom. The minimum absolute atomic E-state index is 0.0578. The van der Waals surface area contributed by atoms with Gasteiger partial charge in [-0.1, -0.05) is 0 Å². The molecular formula is C12H11BrFNO3S2. The Bertz CT molecular complexity index is 743. The van der Waals surface area contributed by atoms with Crippen molar-refractivity contribution in [3.05, 3.63) is 38.7 Å². The molecule has 0 saturated heterocycles. The highest BCUT2D eigenvalue weighted by Gasteiger charge is 2.20. The molecule has 0 saturated carbocycles. The van der Waals surface area contributed by atoms with Gasteiger partial charge in [-0.05, 0) is 41.1 Å². The molecule has 0 radical (unpaired) electrons. The first-order valence-corrected chi connectivity index (χ1v) is 8.55. The molecule has 0 aliphatic carbocycles. The maximum absolute atomic E-state index is 13.5. The third kappa shape index (κ3) is 3.13. The summed E-state index contributed by atoms with van der Waals surface area (Å²) >= 11 is 4.56. The van der Waals surface area contributed by atoms with Gasteiger partial charge in [-0.3, -0.25) is 4.72 Å². The summed E-state index contributed by atoms with van der Waals surface area (Å²) in [5.74, 6) is -0.571. The molecule has 108 valence electrons. The molecule has 1 aromatic heterocycles. The van der Waals surface area contributed by atoms with E-state index in [0.717, 1.165) is 9.85 Å². The summed E-state index contributed by atoms with van der Waals surface area (Å²) < 4.78 is 45.8. The third-order valence-corrected chi connectivity index (χ3v) is 5.73. The van der Waals surface area contributed by atoms with Gasteiger partial charge in [0.1, 0.15) is 4.90 Å². The Hall–Kier alpha value is -1.12. The molecule has 0 amide bonds. The number of rotatable bonds is 4. The van der Waals surface area contributed by atoms with Gasteiger partial charge in [0.15, 0.2) is 11.6 Å². The smallest absolute Gasteiger partial charge is 0.263 e. The van der Waals surface area contributed by atoms with Gasteiger partial charge in [0, 0.05) is 10.9 Å². The molecule has 0 spiro atoms. The number of hydrogen-bond acceptors (Lipinski definition) is 4. The predicted octanol–water partition coefficient (Wildman–Crippen LogP) is 3.77. The summed E-state index contributed by atoms with van der Waals surface area (Å²) in [6, 6.07) is 5.40. The van der Waals surface area contributed by atoms with Crippen molar-refractivity contribution in [1.29, 1.82) is 0 Å².